The quantitative estimate of drug-likeness (QED) is 0.894. The summed E-state index contributed by atoms with van der Waals surface area (Å²) in [5.41, 5.74) is 3.29. The minimum atomic E-state index is -0.0579. The second kappa shape index (κ2) is 5.14. The van der Waals surface area contributed by atoms with Crippen LogP contribution in [-0.4, -0.2) is 22.5 Å². The summed E-state index contributed by atoms with van der Waals surface area (Å²) in [5, 5.41) is 2.85. The average molecular weight is 257 g/mol. The number of oxazole rings is 1. The Bertz CT molecular complexity index is 566. The van der Waals surface area contributed by atoms with E-state index < -0.39 is 0 Å². The molecule has 0 bridgehead atoms. The zero-order chi connectivity index (χ0) is 13.1. The van der Waals surface area contributed by atoms with Crippen molar-refractivity contribution in [2.75, 3.05) is 6.54 Å². The van der Waals surface area contributed by atoms with Crippen LogP contribution in [0.1, 0.15) is 16.8 Å². The number of fused-ring (bicyclic) bond motifs is 1. The van der Waals surface area contributed by atoms with E-state index in [1.165, 1.54) is 23.8 Å². The van der Waals surface area contributed by atoms with E-state index in [9.17, 15) is 4.79 Å². The SMILES string of the molecule is O=C(NCc1cocn1)N1CCc2ccccc2C1. The van der Waals surface area contributed by atoms with Crippen molar-refractivity contribution in [3.8, 4) is 0 Å². The molecular weight excluding hydrogens is 242 g/mol. The summed E-state index contributed by atoms with van der Waals surface area (Å²) < 4.78 is 4.86. The van der Waals surface area contributed by atoms with Gasteiger partial charge in [-0.2, -0.15) is 0 Å². The minimum Gasteiger partial charge on any atom is -0.451 e. The van der Waals surface area contributed by atoms with Gasteiger partial charge >= 0.3 is 6.03 Å². The van der Waals surface area contributed by atoms with Gasteiger partial charge in [0.25, 0.3) is 0 Å². The summed E-state index contributed by atoms with van der Waals surface area (Å²) in [5.74, 6) is 0. The van der Waals surface area contributed by atoms with Crippen LogP contribution < -0.4 is 5.32 Å². The largest absolute Gasteiger partial charge is 0.451 e. The number of benzene rings is 1. The Morgan fingerprint density at radius 1 is 1.37 bits per heavy atom. The standard InChI is InChI=1S/C14H15N3O2/c18-14(15-7-13-9-19-10-16-13)17-6-5-11-3-1-2-4-12(11)8-17/h1-4,9-10H,5-8H2,(H,15,18). The first-order chi connectivity index (χ1) is 9.33. The van der Waals surface area contributed by atoms with Crippen LogP contribution in [0.3, 0.4) is 0 Å². The fourth-order valence-electron chi connectivity index (χ4n) is 2.27. The van der Waals surface area contributed by atoms with E-state index in [1.807, 2.05) is 17.0 Å². The molecule has 1 aromatic carbocycles. The number of hydrogen-bond acceptors (Lipinski definition) is 3. The van der Waals surface area contributed by atoms with Gasteiger partial charge in [0.2, 0.25) is 0 Å². The number of nitrogens with one attached hydrogen (secondary N) is 1. The molecule has 0 radical (unpaired) electrons. The number of carbonyl (C=O) groups is 1. The molecule has 1 aliphatic heterocycles. The molecule has 1 N–H and O–H groups in total. The molecule has 98 valence electrons. The van der Waals surface area contributed by atoms with E-state index in [4.69, 9.17) is 4.42 Å². The molecule has 0 spiro atoms. The maximum absolute atomic E-state index is 12.1. The number of carbonyl (C=O) groups excluding carboxylic acids is 1. The number of hydrogen-bond donors (Lipinski definition) is 1. The summed E-state index contributed by atoms with van der Waals surface area (Å²) >= 11 is 0. The number of aromatic nitrogens is 1. The van der Waals surface area contributed by atoms with Crippen LogP contribution >= 0.6 is 0 Å². The van der Waals surface area contributed by atoms with Gasteiger partial charge < -0.3 is 14.6 Å². The molecule has 5 heteroatoms. The zero-order valence-corrected chi connectivity index (χ0v) is 10.5. The average Bonchev–Trinajstić information content (AvgIpc) is 2.97. The Labute approximate surface area is 111 Å². The maximum atomic E-state index is 12.1. The van der Waals surface area contributed by atoms with Crippen LogP contribution in [0, 0.1) is 0 Å². The summed E-state index contributed by atoms with van der Waals surface area (Å²) in [6, 6.07) is 8.19. The van der Waals surface area contributed by atoms with Gasteiger partial charge in [-0.05, 0) is 17.5 Å². The van der Waals surface area contributed by atoms with Crippen LogP contribution in [0.4, 0.5) is 4.79 Å². The molecule has 0 atom stereocenters. The van der Waals surface area contributed by atoms with Gasteiger partial charge in [-0.3, -0.25) is 0 Å². The van der Waals surface area contributed by atoms with Gasteiger partial charge in [0.15, 0.2) is 6.39 Å². The van der Waals surface area contributed by atoms with Crippen molar-refractivity contribution in [1.82, 2.24) is 15.2 Å². The molecule has 2 amide bonds. The molecule has 2 aromatic rings. The highest BCUT2D eigenvalue weighted by Crippen LogP contribution is 2.18. The molecule has 0 saturated heterocycles. The van der Waals surface area contributed by atoms with E-state index in [1.54, 1.807) is 0 Å². The molecule has 2 heterocycles. The lowest BCUT2D eigenvalue weighted by Crippen LogP contribution is -2.42. The highest BCUT2D eigenvalue weighted by atomic mass is 16.3. The van der Waals surface area contributed by atoms with Gasteiger partial charge in [0.05, 0.1) is 12.2 Å². The van der Waals surface area contributed by atoms with Crippen LogP contribution in [-0.2, 0) is 19.5 Å². The minimum absolute atomic E-state index is 0.0579. The van der Waals surface area contributed by atoms with E-state index in [0.717, 1.165) is 18.7 Å². The van der Waals surface area contributed by atoms with Gasteiger partial charge in [-0.25, -0.2) is 9.78 Å². The second-order valence-corrected chi connectivity index (χ2v) is 4.58. The van der Waals surface area contributed by atoms with Gasteiger partial charge in [0, 0.05) is 13.1 Å². The summed E-state index contributed by atoms with van der Waals surface area (Å²) in [6.07, 6.45) is 3.80. The molecule has 0 unspecified atom stereocenters. The molecule has 0 aliphatic carbocycles. The fourth-order valence-corrected chi connectivity index (χ4v) is 2.27. The lowest BCUT2D eigenvalue weighted by atomic mass is 10.0. The van der Waals surface area contributed by atoms with Crippen LogP contribution in [0.2, 0.25) is 0 Å². The third-order valence-corrected chi connectivity index (χ3v) is 3.32. The molecule has 0 fully saturated rings. The Morgan fingerprint density at radius 2 is 2.21 bits per heavy atom. The van der Waals surface area contributed by atoms with E-state index in [0.29, 0.717) is 13.1 Å². The lowest BCUT2D eigenvalue weighted by Gasteiger charge is -2.28. The Hall–Kier alpha value is -2.30. The van der Waals surface area contributed by atoms with Crippen molar-refractivity contribution in [2.24, 2.45) is 0 Å². The van der Waals surface area contributed by atoms with Crippen molar-refractivity contribution in [2.45, 2.75) is 19.5 Å². The molecule has 0 saturated carbocycles. The van der Waals surface area contributed by atoms with E-state index in [-0.39, 0.29) is 6.03 Å². The first kappa shape index (κ1) is 11.8. The number of rotatable bonds is 2. The van der Waals surface area contributed by atoms with Crippen molar-refractivity contribution >= 4 is 6.03 Å². The maximum Gasteiger partial charge on any atom is 0.318 e. The van der Waals surface area contributed by atoms with Gasteiger partial charge in [0.1, 0.15) is 6.26 Å². The first-order valence-corrected chi connectivity index (χ1v) is 6.29. The predicted molar refractivity (Wildman–Crippen MR) is 69.3 cm³/mol. The van der Waals surface area contributed by atoms with E-state index >= 15 is 0 Å². The zero-order valence-electron chi connectivity index (χ0n) is 10.5. The normalized spacial score (nSPS) is 14.0. The first-order valence-electron chi connectivity index (χ1n) is 6.29. The monoisotopic (exact) mass is 257 g/mol. The third-order valence-electron chi connectivity index (χ3n) is 3.32. The molecule has 3 rings (SSSR count). The lowest BCUT2D eigenvalue weighted by molar-refractivity contribution is 0.192. The van der Waals surface area contributed by atoms with E-state index in [2.05, 4.69) is 22.4 Å². The Balaban J connectivity index is 1.60. The second-order valence-electron chi connectivity index (χ2n) is 4.58. The molecule has 1 aromatic heterocycles. The van der Waals surface area contributed by atoms with Crippen LogP contribution in [0.15, 0.2) is 41.3 Å². The Kier molecular flexibility index (Phi) is 3.18. The highest BCUT2D eigenvalue weighted by molar-refractivity contribution is 5.74. The topological polar surface area (TPSA) is 58.4 Å². The summed E-state index contributed by atoms with van der Waals surface area (Å²) in [7, 11) is 0. The Morgan fingerprint density at radius 3 is 3.00 bits per heavy atom. The number of urea groups is 1. The van der Waals surface area contributed by atoms with Crippen molar-refractivity contribution in [3.63, 3.8) is 0 Å². The van der Waals surface area contributed by atoms with Gasteiger partial charge in [-0.15, -0.1) is 0 Å². The smallest absolute Gasteiger partial charge is 0.318 e. The molecule has 5 nitrogen and oxygen atoms in total. The van der Waals surface area contributed by atoms with Crippen LogP contribution in [0.25, 0.3) is 0 Å². The van der Waals surface area contributed by atoms with Crippen molar-refractivity contribution < 1.29 is 9.21 Å². The fraction of sp³-hybridized carbons (Fsp3) is 0.286. The van der Waals surface area contributed by atoms with Gasteiger partial charge in [-0.1, -0.05) is 24.3 Å². The highest BCUT2D eigenvalue weighted by Gasteiger charge is 2.19. The third kappa shape index (κ3) is 2.59. The van der Waals surface area contributed by atoms with Crippen LogP contribution in [0.5, 0.6) is 0 Å². The number of nitrogens with zero attached hydrogens (tertiary/aromatic N) is 2. The summed E-state index contributed by atoms with van der Waals surface area (Å²) in [6.45, 7) is 1.82. The molecule has 1 aliphatic rings. The number of amides is 2. The molecular formula is C14H15N3O2. The molecule has 19 heavy (non-hydrogen) atoms. The van der Waals surface area contributed by atoms with Crippen molar-refractivity contribution in [1.29, 1.82) is 0 Å². The van der Waals surface area contributed by atoms with Crippen molar-refractivity contribution in [3.05, 3.63) is 53.7 Å². The predicted octanol–water partition coefficient (Wildman–Crippen LogP) is 1.94. The summed E-state index contributed by atoms with van der Waals surface area (Å²) in [4.78, 5) is 17.9.